The minimum atomic E-state index is -0.896. The lowest BCUT2D eigenvalue weighted by Gasteiger charge is -2.15. The second-order valence-corrected chi connectivity index (χ2v) is 5.45. The molecule has 0 saturated carbocycles. The molecule has 0 aliphatic heterocycles. The second-order valence-electron chi connectivity index (χ2n) is 5.45. The number of halogens is 2. The van der Waals surface area contributed by atoms with Crippen molar-refractivity contribution in [3.05, 3.63) is 35.7 Å². The summed E-state index contributed by atoms with van der Waals surface area (Å²) in [6, 6.07) is 3.86. The average molecular weight is 279 g/mol. The number of nitrogens with zero attached hydrogens (tertiary/aromatic N) is 2. The van der Waals surface area contributed by atoms with Crippen LogP contribution in [-0.2, 0) is 0 Å². The summed E-state index contributed by atoms with van der Waals surface area (Å²) < 4.78 is 28.3. The summed E-state index contributed by atoms with van der Waals surface area (Å²) in [6.07, 6.45) is 0. The fraction of sp³-hybridized carbons (Fsp3) is 0.400. The van der Waals surface area contributed by atoms with Gasteiger partial charge in [0.25, 0.3) is 0 Å². The van der Waals surface area contributed by atoms with Crippen molar-refractivity contribution in [2.24, 2.45) is 0 Å². The van der Waals surface area contributed by atoms with Crippen LogP contribution < -0.4 is 5.73 Å². The third-order valence-electron chi connectivity index (χ3n) is 3.20. The van der Waals surface area contributed by atoms with Gasteiger partial charge in [-0.1, -0.05) is 13.8 Å². The third-order valence-corrected chi connectivity index (χ3v) is 3.20. The maximum absolute atomic E-state index is 13.4. The van der Waals surface area contributed by atoms with Crippen molar-refractivity contribution in [2.75, 3.05) is 5.73 Å². The smallest absolute Gasteiger partial charge is 0.159 e. The number of hydrogen-bond acceptors (Lipinski definition) is 2. The van der Waals surface area contributed by atoms with Gasteiger partial charge in [0.15, 0.2) is 11.6 Å². The van der Waals surface area contributed by atoms with Crippen LogP contribution in [0.15, 0.2) is 18.2 Å². The van der Waals surface area contributed by atoms with E-state index in [1.54, 1.807) is 0 Å². The molecule has 2 aromatic rings. The fourth-order valence-corrected chi connectivity index (χ4v) is 2.27. The van der Waals surface area contributed by atoms with Crippen LogP contribution in [0, 0.1) is 11.6 Å². The van der Waals surface area contributed by atoms with Crippen LogP contribution in [0.3, 0.4) is 0 Å². The lowest BCUT2D eigenvalue weighted by Crippen LogP contribution is -2.10. The summed E-state index contributed by atoms with van der Waals surface area (Å²) in [4.78, 5) is 4.52. The van der Waals surface area contributed by atoms with Gasteiger partial charge in [-0.2, -0.15) is 0 Å². The molecule has 20 heavy (non-hydrogen) atoms. The van der Waals surface area contributed by atoms with E-state index in [9.17, 15) is 8.78 Å². The molecule has 0 bridgehead atoms. The Balaban J connectivity index is 2.63. The molecule has 0 atom stereocenters. The quantitative estimate of drug-likeness (QED) is 0.918. The van der Waals surface area contributed by atoms with Gasteiger partial charge in [0.2, 0.25) is 0 Å². The van der Waals surface area contributed by atoms with Crippen LogP contribution >= 0.6 is 0 Å². The van der Waals surface area contributed by atoms with Crippen molar-refractivity contribution in [3.8, 4) is 11.3 Å². The van der Waals surface area contributed by atoms with Crippen LogP contribution in [0.4, 0.5) is 14.6 Å². The Morgan fingerprint density at radius 2 is 1.75 bits per heavy atom. The van der Waals surface area contributed by atoms with Crippen LogP contribution in [0.2, 0.25) is 0 Å². The van der Waals surface area contributed by atoms with Gasteiger partial charge in [-0.15, -0.1) is 0 Å². The topological polar surface area (TPSA) is 43.8 Å². The predicted molar refractivity (Wildman–Crippen MR) is 76.5 cm³/mol. The third kappa shape index (κ3) is 2.40. The number of aromatic nitrogens is 2. The van der Waals surface area contributed by atoms with E-state index in [-0.39, 0.29) is 12.0 Å². The largest absolute Gasteiger partial charge is 0.383 e. The van der Waals surface area contributed by atoms with E-state index < -0.39 is 11.6 Å². The summed E-state index contributed by atoms with van der Waals surface area (Å²) in [5.41, 5.74) is 7.14. The van der Waals surface area contributed by atoms with Gasteiger partial charge in [-0.3, -0.25) is 0 Å². The maximum atomic E-state index is 13.4. The monoisotopic (exact) mass is 279 g/mol. The number of hydrogen-bond donors (Lipinski definition) is 1. The molecule has 1 aromatic heterocycles. The van der Waals surface area contributed by atoms with Gasteiger partial charge in [-0.25, -0.2) is 13.8 Å². The molecule has 1 heterocycles. The molecule has 5 heteroatoms. The van der Waals surface area contributed by atoms with Crippen molar-refractivity contribution in [1.29, 1.82) is 0 Å². The second kappa shape index (κ2) is 5.23. The van der Waals surface area contributed by atoms with Crippen molar-refractivity contribution < 1.29 is 8.78 Å². The average Bonchev–Trinajstić information content (AvgIpc) is 2.71. The molecule has 3 nitrogen and oxygen atoms in total. The molecule has 0 unspecified atom stereocenters. The van der Waals surface area contributed by atoms with Gasteiger partial charge in [0.05, 0.1) is 0 Å². The summed E-state index contributed by atoms with van der Waals surface area (Å²) >= 11 is 0. The normalized spacial score (nSPS) is 11.6. The van der Waals surface area contributed by atoms with Gasteiger partial charge in [0, 0.05) is 17.5 Å². The molecule has 2 N–H and O–H groups in total. The van der Waals surface area contributed by atoms with Gasteiger partial charge in [0.1, 0.15) is 17.3 Å². The molecular formula is C15H19F2N3. The zero-order valence-corrected chi connectivity index (χ0v) is 12.1. The van der Waals surface area contributed by atoms with E-state index >= 15 is 0 Å². The van der Waals surface area contributed by atoms with Crippen LogP contribution in [-0.4, -0.2) is 9.55 Å². The number of nitrogens with two attached hydrogens (primary N) is 1. The molecule has 0 aliphatic carbocycles. The number of imidazole rings is 1. The first-order valence-electron chi connectivity index (χ1n) is 6.66. The SMILES string of the molecule is CC(C)c1nc(-c2ccc(F)c(F)c2)c(N)n1C(C)C. The standard InChI is InChI=1S/C15H19F2N3/c1-8(2)15-19-13(14(18)20(15)9(3)4)10-5-6-11(16)12(17)7-10/h5-9H,18H2,1-4H3. The first-order valence-corrected chi connectivity index (χ1v) is 6.66. The minimum Gasteiger partial charge on any atom is -0.383 e. The highest BCUT2D eigenvalue weighted by molar-refractivity contribution is 5.71. The fourth-order valence-electron chi connectivity index (χ4n) is 2.27. The van der Waals surface area contributed by atoms with Gasteiger partial charge in [-0.05, 0) is 32.0 Å². The maximum Gasteiger partial charge on any atom is 0.159 e. The molecule has 0 spiro atoms. The molecular weight excluding hydrogens is 260 g/mol. The van der Waals surface area contributed by atoms with Crippen LogP contribution in [0.1, 0.15) is 45.5 Å². The first-order chi connectivity index (χ1) is 9.32. The summed E-state index contributed by atoms with van der Waals surface area (Å²) in [5, 5.41) is 0. The molecule has 0 radical (unpaired) electrons. The number of rotatable bonds is 3. The Hall–Kier alpha value is -1.91. The van der Waals surface area contributed by atoms with Crippen molar-refractivity contribution >= 4 is 5.82 Å². The summed E-state index contributed by atoms with van der Waals surface area (Å²) in [7, 11) is 0. The van der Waals surface area contributed by atoms with Gasteiger partial charge < -0.3 is 10.3 Å². The molecule has 1 aromatic carbocycles. The first kappa shape index (κ1) is 14.5. The highest BCUT2D eigenvalue weighted by Crippen LogP contribution is 2.32. The Bertz CT molecular complexity index is 630. The van der Waals surface area contributed by atoms with Crippen molar-refractivity contribution in [2.45, 2.75) is 39.7 Å². The zero-order chi connectivity index (χ0) is 15.0. The van der Waals surface area contributed by atoms with E-state index in [0.29, 0.717) is 17.1 Å². The van der Waals surface area contributed by atoms with Crippen LogP contribution in [0.5, 0.6) is 0 Å². The Morgan fingerprint density at radius 3 is 2.20 bits per heavy atom. The lowest BCUT2D eigenvalue weighted by atomic mass is 10.1. The number of benzene rings is 1. The zero-order valence-electron chi connectivity index (χ0n) is 12.1. The highest BCUT2D eigenvalue weighted by atomic mass is 19.2. The molecule has 0 fully saturated rings. The van der Waals surface area contributed by atoms with Gasteiger partial charge >= 0.3 is 0 Å². The predicted octanol–water partition coefficient (Wildman–Crippen LogP) is 4.11. The number of anilines is 1. The van der Waals surface area contributed by atoms with Crippen molar-refractivity contribution in [3.63, 3.8) is 0 Å². The summed E-state index contributed by atoms with van der Waals surface area (Å²) in [6.45, 7) is 8.07. The molecule has 0 amide bonds. The summed E-state index contributed by atoms with van der Waals surface area (Å²) in [5.74, 6) is -0.252. The Labute approximate surface area is 117 Å². The Morgan fingerprint density at radius 1 is 1.10 bits per heavy atom. The van der Waals surface area contributed by atoms with Crippen molar-refractivity contribution in [1.82, 2.24) is 9.55 Å². The van der Waals surface area contributed by atoms with E-state index in [1.165, 1.54) is 6.07 Å². The molecule has 2 rings (SSSR count). The van der Waals surface area contributed by atoms with E-state index in [0.717, 1.165) is 18.0 Å². The molecule has 0 saturated heterocycles. The molecule has 108 valence electrons. The number of nitrogen functional groups attached to an aromatic ring is 1. The van der Waals surface area contributed by atoms with E-state index in [4.69, 9.17) is 5.73 Å². The highest BCUT2D eigenvalue weighted by Gasteiger charge is 2.20. The Kier molecular flexibility index (Phi) is 3.79. The van der Waals surface area contributed by atoms with Crippen LogP contribution in [0.25, 0.3) is 11.3 Å². The lowest BCUT2D eigenvalue weighted by molar-refractivity contribution is 0.509. The van der Waals surface area contributed by atoms with E-state index in [2.05, 4.69) is 4.98 Å². The minimum absolute atomic E-state index is 0.152. The van der Waals surface area contributed by atoms with E-state index in [1.807, 2.05) is 32.3 Å². The molecule has 0 aliphatic rings.